The van der Waals surface area contributed by atoms with Crippen LogP contribution in [0.1, 0.15) is 39.0 Å². The molecule has 2 N–H and O–H groups in total. The molecule has 2 atom stereocenters. The van der Waals surface area contributed by atoms with Crippen LogP contribution in [0.25, 0.3) is 0 Å². The molecule has 1 saturated heterocycles. The van der Waals surface area contributed by atoms with Crippen LogP contribution in [0.3, 0.4) is 0 Å². The number of rotatable bonds is 7. The Morgan fingerprint density at radius 3 is 2.82 bits per heavy atom. The Morgan fingerprint density at radius 1 is 1.41 bits per heavy atom. The molecular formula is C14H31N3. The van der Waals surface area contributed by atoms with Gasteiger partial charge in [0.05, 0.1) is 0 Å². The molecule has 0 amide bonds. The maximum absolute atomic E-state index is 5.76. The Labute approximate surface area is 107 Å². The van der Waals surface area contributed by atoms with Gasteiger partial charge in [-0.1, -0.05) is 0 Å². The van der Waals surface area contributed by atoms with E-state index in [1.165, 1.54) is 51.9 Å². The van der Waals surface area contributed by atoms with Gasteiger partial charge in [0.15, 0.2) is 0 Å². The summed E-state index contributed by atoms with van der Waals surface area (Å²) in [6.07, 6.45) is 6.56. The molecule has 0 bridgehead atoms. The first-order chi connectivity index (χ1) is 8.08. The van der Waals surface area contributed by atoms with Crippen LogP contribution in [0.15, 0.2) is 0 Å². The van der Waals surface area contributed by atoms with Crippen LogP contribution in [0.2, 0.25) is 0 Å². The number of nitrogens with two attached hydrogens (primary N) is 1. The summed E-state index contributed by atoms with van der Waals surface area (Å²) < 4.78 is 0. The highest BCUT2D eigenvalue weighted by molar-refractivity contribution is 4.71. The lowest BCUT2D eigenvalue weighted by Crippen LogP contribution is -2.34. The van der Waals surface area contributed by atoms with Gasteiger partial charge in [0.25, 0.3) is 0 Å². The number of likely N-dealkylation sites (tertiary alicyclic amines) is 1. The smallest absolute Gasteiger partial charge is 0.00109 e. The van der Waals surface area contributed by atoms with Crippen molar-refractivity contribution >= 4 is 0 Å². The maximum Gasteiger partial charge on any atom is 0.00109 e. The number of piperidine rings is 1. The van der Waals surface area contributed by atoms with E-state index in [2.05, 4.69) is 30.8 Å². The van der Waals surface area contributed by atoms with Crippen molar-refractivity contribution in [1.82, 2.24) is 9.80 Å². The van der Waals surface area contributed by atoms with Gasteiger partial charge in [0, 0.05) is 12.6 Å². The zero-order chi connectivity index (χ0) is 12.7. The van der Waals surface area contributed by atoms with Crippen molar-refractivity contribution in [2.24, 2.45) is 11.7 Å². The molecule has 0 spiro atoms. The van der Waals surface area contributed by atoms with E-state index < -0.39 is 0 Å². The van der Waals surface area contributed by atoms with Gasteiger partial charge in [-0.15, -0.1) is 0 Å². The molecule has 1 aliphatic rings. The van der Waals surface area contributed by atoms with Crippen LogP contribution in [0.4, 0.5) is 0 Å². The van der Waals surface area contributed by atoms with Crippen molar-refractivity contribution in [1.29, 1.82) is 0 Å². The fourth-order valence-corrected chi connectivity index (χ4v) is 2.71. The first kappa shape index (κ1) is 14.9. The molecule has 1 heterocycles. The van der Waals surface area contributed by atoms with E-state index in [1.807, 2.05) is 0 Å². The first-order valence-corrected chi connectivity index (χ1v) is 7.20. The van der Waals surface area contributed by atoms with Crippen LogP contribution in [-0.2, 0) is 0 Å². The summed E-state index contributed by atoms with van der Waals surface area (Å²) in [5.41, 5.74) is 5.76. The van der Waals surface area contributed by atoms with Crippen LogP contribution < -0.4 is 5.73 Å². The number of hydrogen-bond acceptors (Lipinski definition) is 3. The zero-order valence-electron chi connectivity index (χ0n) is 12.0. The molecule has 2 unspecified atom stereocenters. The summed E-state index contributed by atoms with van der Waals surface area (Å²) in [4.78, 5) is 4.95. The maximum atomic E-state index is 5.76. The van der Waals surface area contributed by atoms with E-state index in [4.69, 9.17) is 5.73 Å². The fraction of sp³-hybridized carbons (Fsp3) is 1.00. The standard InChI is InChI=1S/C14H31N3/c1-13(15)6-4-9-16(2)11-8-14-7-5-10-17(3)12-14/h13-14H,4-12,15H2,1-3H3. The van der Waals surface area contributed by atoms with Gasteiger partial charge >= 0.3 is 0 Å². The SMILES string of the molecule is CC(N)CCCN(C)CCC1CCCN(C)C1. The minimum absolute atomic E-state index is 0.357. The predicted molar refractivity (Wildman–Crippen MR) is 75.2 cm³/mol. The Balaban J connectivity index is 2.04. The van der Waals surface area contributed by atoms with E-state index in [-0.39, 0.29) is 0 Å². The molecule has 1 rings (SSSR count). The van der Waals surface area contributed by atoms with Crippen molar-refractivity contribution < 1.29 is 0 Å². The fourth-order valence-electron chi connectivity index (χ4n) is 2.71. The Morgan fingerprint density at radius 2 is 2.18 bits per heavy atom. The van der Waals surface area contributed by atoms with Crippen LogP contribution in [-0.4, -0.2) is 56.1 Å². The van der Waals surface area contributed by atoms with Gasteiger partial charge in [-0.25, -0.2) is 0 Å². The summed E-state index contributed by atoms with van der Waals surface area (Å²) in [5, 5.41) is 0. The third kappa shape index (κ3) is 7.02. The van der Waals surface area contributed by atoms with Gasteiger partial charge in [0.1, 0.15) is 0 Å². The molecule has 17 heavy (non-hydrogen) atoms. The average molecular weight is 241 g/mol. The molecule has 0 aliphatic carbocycles. The third-order valence-corrected chi connectivity index (χ3v) is 3.84. The normalized spacial score (nSPS) is 24.2. The quantitative estimate of drug-likeness (QED) is 0.737. The summed E-state index contributed by atoms with van der Waals surface area (Å²) in [7, 11) is 4.49. The van der Waals surface area contributed by atoms with Crippen molar-refractivity contribution in [3.8, 4) is 0 Å². The number of hydrogen-bond donors (Lipinski definition) is 1. The topological polar surface area (TPSA) is 32.5 Å². The molecule has 0 saturated carbocycles. The van der Waals surface area contributed by atoms with Crippen LogP contribution in [0.5, 0.6) is 0 Å². The van der Waals surface area contributed by atoms with Gasteiger partial charge < -0.3 is 15.5 Å². The van der Waals surface area contributed by atoms with Gasteiger partial charge in [-0.2, -0.15) is 0 Å². The second kappa shape index (κ2) is 8.06. The van der Waals surface area contributed by atoms with E-state index in [1.54, 1.807) is 0 Å². The van der Waals surface area contributed by atoms with Crippen molar-refractivity contribution in [3.05, 3.63) is 0 Å². The van der Waals surface area contributed by atoms with Crippen molar-refractivity contribution in [2.45, 2.75) is 45.1 Å². The second-order valence-electron chi connectivity index (χ2n) is 5.98. The highest BCUT2D eigenvalue weighted by atomic mass is 15.1. The molecule has 0 aromatic carbocycles. The van der Waals surface area contributed by atoms with Crippen LogP contribution >= 0.6 is 0 Å². The molecule has 3 nitrogen and oxygen atoms in total. The summed E-state index contributed by atoms with van der Waals surface area (Å²) in [5.74, 6) is 0.921. The Bertz CT molecular complexity index is 194. The second-order valence-corrected chi connectivity index (χ2v) is 5.98. The van der Waals surface area contributed by atoms with E-state index >= 15 is 0 Å². The Hall–Kier alpha value is -0.120. The largest absolute Gasteiger partial charge is 0.328 e. The average Bonchev–Trinajstić information content (AvgIpc) is 2.26. The summed E-state index contributed by atoms with van der Waals surface area (Å²) in [6, 6.07) is 0.357. The zero-order valence-corrected chi connectivity index (χ0v) is 12.0. The lowest BCUT2D eigenvalue weighted by molar-refractivity contribution is 0.185. The highest BCUT2D eigenvalue weighted by Crippen LogP contribution is 2.18. The van der Waals surface area contributed by atoms with Gasteiger partial charge in [-0.05, 0) is 78.7 Å². The molecule has 3 heteroatoms. The lowest BCUT2D eigenvalue weighted by Gasteiger charge is -2.30. The van der Waals surface area contributed by atoms with Gasteiger partial charge in [-0.3, -0.25) is 0 Å². The Kier molecular flexibility index (Phi) is 7.09. The molecule has 0 aromatic rings. The monoisotopic (exact) mass is 241 g/mol. The highest BCUT2D eigenvalue weighted by Gasteiger charge is 2.17. The first-order valence-electron chi connectivity index (χ1n) is 7.20. The minimum Gasteiger partial charge on any atom is -0.328 e. The summed E-state index contributed by atoms with van der Waals surface area (Å²) >= 11 is 0. The van der Waals surface area contributed by atoms with E-state index in [9.17, 15) is 0 Å². The molecule has 1 fully saturated rings. The van der Waals surface area contributed by atoms with E-state index in [0.29, 0.717) is 6.04 Å². The molecule has 102 valence electrons. The van der Waals surface area contributed by atoms with Crippen molar-refractivity contribution in [2.75, 3.05) is 40.3 Å². The number of nitrogens with zero attached hydrogens (tertiary/aromatic N) is 2. The minimum atomic E-state index is 0.357. The summed E-state index contributed by atoms with van der Waals surface area (Å²) in [6.45, 7) is 7.13. The van der Waals surface area contributed by atoms with E-state index in [0.717, 1.165) is 12.3 Å². The molecular weight excluding hydrogens is 210 g/mol. The molecule has 1 aliphatic heterocycles. The molecule has 0 radical (unpaired) electrons. The van der Waals surface area contributed by atoms with Crippen LogP contribution in [0, 0.1) is 5.92 Å². The lowest BCUT2D eigenvalue weighted by atomic mass is 9.95. The molecule has 0 aromatic heterocycles. The van der Waals surface area contributed by atoms with Gasteiger partial charge in [0.2, 0.25) is 0 Å². The van der Waals surface area contributed by atoms with Crippen molar-refractivity contribution in [3.63, 3.8) is 0 Å². The predicted octanol–water partition coefficient (Wildman–Crippen LogP) is 1.78. The third-order valence-electron chi connectivity index (χ3n) is 3.84.